The number of carbonyl (C=O) groups excluding carboxylic acids is 1. The molecule has 2 aromatic heterocycles. The third-order valence-electron chi connectivity index (χ3n) is 6.40. The van der Waals surface area contributed by atoms with Gasteiger partial charge < -0.3 is 24.9 Å². The average Bonchev–Trinajstić information content (AvgIpc) is 3.43. The minimum absolute atomic E-state index is 0.0649. The number of furan rings is 1. The van der Waals surface area contributed by atoms with Gasteiger partial charge in [-0.15, -0.1) is 15.7 Å². The number of hydrogen-bond donors (Lipinski definition) is 3. The van der Waals surface area contributed by atoms with Crippen LogP contribution < -0.4 is 10.6 Å². The van der Waals surface area contributed by atoms with Gasteiger partial charge in [0.05, 0.1) is 18.3 Å². The molecule has 222 valence electrons. The Balaban J connectivity index is 2.17. The van der Waals surface area contributed by atoms with Crippen LogP contribution in [0.2, 0.25) is 0 Å². The van der Waals surface area contributed by atoms with Crippen molar-refractivity contribution in [1.29, 1.82) is 0 Å². The van der Waals surface area contributed by atoms with Gasteiger partial charge in [0.1, 0.15) is 17.2 Å². The predicted molar refractivity (Wildman–Crippen MR) is 153 cm³/mol. The highest BCUT2D eigenvalue weighted by Crippen LogP contribution is 2.44. The molecule has 0 aromatic carbocycles. The molecule has 0 fully saturated rings. The molecule has 0 bridgehead atoms. The Labute approximate surface area is 239 Å². The van der Waals surface area contributed by atoms with Crippen molar-refractivity contribution in [3.05, 3.63) is 38.6 Å². The van der Waals surface area contributed by atoms with Crippen molar-refractivity contribution in [2.45, 2.75) is 65.6 Å². The molecular formula is C25H36N4O8S3. The maximum absolute atomic E-state index is 13.2. The van der Waals surface area contributed by atoms with E-state index in [1.165, 1.54) is 11.2 Å². The summed E-state index contributed by atoms with van der Waals surface area (Å²) in [6.07, 6.45) is 0. The number of anilines is 1. The fraction of sp³-hybridized carbons (Fsp3) is 0.520. The molecule has 1 atom stereocenters. The fourth-order valence-corrected chi connectivity index (χ4v) is 8.42. The Kier molecular flexibility index (Phi) is 9.43. The molecule has 12 nitrogen and oxygen atoms in total. The van der Waals surface area contributed by atoms with E-state index in [4.69, 9.17) is 9.15 Å². The van der Waals surface area contributed by atoms with E-state index < -0.39 is 42.7 Å². The van der Waals surface area contributed by atoms with Gasteiger partial charge in [0, 0.05) is 18.0 Å². The number of thiophene rings is 1. The normalized spacial score (nSPS) is 16.0. The van der Waals surface area contributed by atoms with Crippen LogP contribution in [0.4, 0.5) is 5.69 Å². The Bertz CT molecular complexity index is 1540. The Morgan fingerprint density at radius 1 is 1.20 bits per heavy atom. The summed E-state index contributed by atoms with van der Waals surface area (Å²) in [7, 11) is -8.55. The number of carbonyl (C=O) groups is 1. The highest BCUT2D eigenvalue weighted by Gasteiger charge is 2.41. The molecule has 2 aromatic rings. The molecule has 0 amide bonds. The second-order valence-corrected chi connectivity index (χ2v) is 14.4. The van der Waals surface area contributed by atoms with Crippen molar-refractivity contribution in [3.8, 4) is 5.75 Å². The van der Waals surface area contributed by atoms with Crippen LogP contribution in [0, 0.1) is 26.7 Å². The van der Waals surface area contributed by atoms with Gasteiger partial charge in [0.25, 0.3) is 20.0 Å². The van der Waals surface area contributed by atoms with E-state index in [1.807, 2.05) is 33.8 Å². The lowest BCUT2D eigenvalue weighted by atomic mass is 10.0. The quantitative estimate of drug-likeness (QED) is 0.315. The number of esters is 1. The average molecular weight is 617 g/mol. The van der Waals surface area contributed by atoms with Crippen molar-refractivity contribution < 1.29 is 35.9 Å². The van der Waals surface area contributed by atoms with E-state index in [2.05, 4.69) is 15.0 Å². The summed E-state index contributed by atoms with van der Waals surface area (Å²) >= 11 is 0.826. The topological polar surface area (TPSA) is 168 Å². The molecule has 0 unspecified atom stereocenters. The maximum Gasteiger partial charge on any atom is 0.354 e. The van der Waals surface area contributed by atoms with Gasteiger partial charge in [-0.25, -0.2) is 13.2 Å². The van der Waals surface area contributed by atoms with E-state index in [-0.39, 0.29) is 47.0 Å². The zero-order valence-electron chi connectivity index (χ0n) is 23.8. The third kappa shape index (κ3) is 5.92. The molecule has 3 heterocycles. The summed E-state index contributed by atoms with van der Waals surface area (Å²) in [6.45, 7) is 14.2. The fourth-order valence-electron chi connectivity index (χ4n) is 4.17. The van der Waals surface area contributed by atoms with Gasteiger partial charge in [0.2, 0.25) is 4.91 Å². The highest BCUT2D eigenvalue weighted by molar-refractivity contribution is 7.95. The number of aryl methyl sites for hydroxylation is 3. The molecule has 0 spiro atoms. The monoisotopic (exact) mass is 616 g/mol. The van der Waals surface area contributed by atoms with Crippen LogP contribution >= 0.6 is 11.3 Å². The molecular weight excluding hydrogens is 580 g/mol. The second-order valence-electron chi connectivity index (χ2n) is 9.48. The summed E-state index contributed by atoms with van der Waals surface area (Å²) in [4.78, 5) is 12.5. The number of hydrogen-bond acceptors (Lipinski definition) is 11. The minimum atomic E-state index is -4.52. The second kappa shape index (κ2) is 11.9. The first-order valence-electron chi connectivity index (χ1n) is 12.8. The van der Waals surface area contributed by atoms with Crippen LogP contribution in [0.1, 0.15) is 62.6 Å². The number of sulfonamides is 2. The van der Waals surface area contributed by atoms with Gasteiger partial charge in [-0.1, -0.05) is 27.7 Å². The first-order valence-corrected chi connectivity index (χ1v) is 16.5. The first-order chi connectivity index (χ1) is 18.6. The van der Waals surface area contributed by atoms with Crippen molar-refractivity contribution in [2.24, 2.45) is 10.3 Å². The summed E-state index contributed by atoms with van der Waals surface area (Å²) < 4.78 is 68.2. The number of rotatable bonds is 11. The number of amidine groups is 1. The molecule has 3 rings (SSSR count). The van der Waals surface area contributed by atoms with Gasteiger partial charge in [0.15, 0.2) is 15.8 Å². The minimum Gasteiger partial charge on any atom is -0.504 e. The lowest BCUT2D eigenvalue weighted by Crippen LogP contribution is -2.34. The van der Waals surface area contributed by atoms with E-state index in [1.54, 1.807) is 20.8 Å². The Morgan fingerprint density at radius 2 is 1.82 bits per heavy atom. The number of ether oxygens (including phenoxy) is 1. The predicted octanol–water partition coefficient (Wildman–Crippen LogP) is 3.92. The molecule has 1 aliphatic rings. The van der Waals surface area contributed by atoms with Crippen LogP contribution in [0.3, 0.4) is 0 Å². The SMILES string of the molecule is CCOC(=O)C1=C(Nc2c(C)sc(S(=O)(=O)N(CC)CC)c2O)C(N[C@@H](c2cc(C)c(C)o2)C(C)C)=NS1(=O)=O. The van der Waals surface area contributed by atoms with Gasteiger partial charge >= 0.3 is 5.97 Å². The molecule has 3 N–H and O–H groups in total. The first kappa shape index (κ1) is 31.6. The van der Waals surface area contributed by atoms with Crippen molar-refractivity contribution in [2.75, 3.05) is 25.0 Å². The van der Waals surface area contributed by atoms with E-state index >= 15 is 0 Å². The summed E-state index contributed by atoms with van der Waals surface area (Å²) in [5.41, 5.74) is 0.572. The lowest BCUT2D eigenvalue weighted by Gasteiger charge is -2.23. The molecule has 0 saturated carbocycles. The zero-order chi connectivity index (χ0) is 30.2. The number of nitrogens with zero attached hydrogens (tertiary/aromatic N) is 2. The number of nitrogens with one attached hydrogen (secondary N) is 2. The zero-order valence-corrected chi connectivity index (χ0v) is 26.2. The molecule has 15 heteroatoms. The van der Waals surface area contributed by atoms with E-state index in [0.29, 0.717) is 16.4 Å². The van der Waals surface area contributed by atoms with Crippen molar-refractivity contribution in [3.63, 3.8) is 0 Å². The smallest absolute Gasteiger partial charge is 0.354 e. The summed E-state index contributed by atoms with van der Waals surface area (Å²) in [5.74, 6) is -0.801. The van der Waals surface area contributed by atoms with Crippen LogP contribution in [0.15, 0.2) is 29.7 Å². The van der Waals surface area contributed by atoms with Crippen LogP contribution in [0.5, 0.6) is 5.75 Å². The standard InChI is InChI=1S/C25H36N4O8S3/c1-9-29(10-2)40(34,35)25-21(30)19(16(8)38-25)26-20-22(24(31)36-11-3)39(32,33)28-23(20)27-18(13(4)5)17-12-14(6)15(7)37-17/h12-13,18,26,30H,9-11H2,1-8H3,(H,27,28)/t18-/m1/s1. The number of aromatic hydroxyl groups is 1. The molecule has 0 aliphatic carbocycles. The molecule has 40 heavy (non-hydrogen) atoms. The Morgan fingerprint density at radius 3 is 2.33 bits per heavy atom. The van der Waals surface area contributed by atoms with Gasteiger partial charge in [-0.3, -0.25) is 0 Å². The van der Waals surface area contributed by atoms with Crippen LogP contribution in [0.25, 0.3) is 0 Å². The maximum atomic E-state index is 13.2. The van der Waals surface area contributed by atoms with Crippen LogP contribution in [-0.2, 0) is 29.6 Å². The van der Waals surface area contributed by atoms with Gasteiger partial charge in [-0.05, 0) is 45.2 Å². The lowest BCUT2D eigenvalue weighted by molar-refractivity contribution is -0.137. The summed E-state index contributed by atoms with van der Waals surface area (Å²) in [6, 6.07) is 1.29. The van der Waals surface area contributed by atoms with Crippen LogP contribution in [-0.4, -0.2) is 57.7 Å². The van der Waals surface area contributed by atoms with Gasteiger partial charge in [-0.2, -0.15) is 12.7 Å². The summed E-state index contributed by atoms with van der Waals surface area (Å²) in [5, 5.41) is 16.9. The van der Waals surface area contributed by atoms with Crippen molar-refractivity contribution >= 4 is 48.9 Å². The van der Waals surface area contributed by atoms with E-state index in [0.717, 1.165) is 16.9 Å². The molecule has 1 aliphatic heterocycles. The largest absolute Gasteiger partial charge is 0.504 e. The highest BCUT2D eigenvalue weighted by atomic mass is 32.2. The van der Waals surface area contributed by atoms with E-state index in [9.17, 15) is 26.7 Å². The van der Waals surface area contributed by atoms with Crippen molar-refractivity contribution in [1.82, 2.24) is 9.62 Å². The third-order valence-corrected chi connectivity index (χ3v) is 11.3. The molecule has 0 radical (unpaired) electrons. The Hall–Kier alpha value is -2.88. The molecule has 0 saturated heterocycles.